The zero-order valence-corrected chi connectivity index (χ0v) is 6.54. The van der Waals surface area contributed by atoms with E-state index < -0.39 is 6.07 Å². The Kier molecular flexibility index (Phi) is 4.04. The summed E-state index contributed by atoms with van der Waals surface area (Å²) in [5, 5.41) is 0. The molecule has 0 rings (SSSR count). The van der Waals surface area contributed by atoms with Gasteiger partial charge in [-0.25, -0.2) is 4.89 Å². The number of hydrogen-bond donors (Lipinski definition) is 0. The smallest absolute Gasteiger partial charge is 0.254 e. The third kappa shape index (κ3) is 6.73. The first-order valence-corrected chi connectivity index (χ1v) is 5.30. The van der Waals surface area contributed by atoms with E-state index in [0.29, 0.717) is 0 Å². The van der Waals surface area contributed by atoms with Gasteiger partial charge in [-0.1, -0.05) is 0 Å². The van der Waals surface area contributed by atoms with Crippen LogP contribution in [0.15, 0.2) is 0 Å². The maximum absolute atomic E-state index is 10.2. The lowest BCUT2D eigenvalue weighted by Crippen LogP contribution is -1.83. The van der Waals surface area contributed by atoms with Gasteiger partial charge >= 0.3 is 6.07 Å². The fourth-order valence-electron chi connectivity index (χ4n) is 0.114. The molecule has 0 unspecified atom stereocenters. The van der Waals surface area contributed by atoms with Crippen molar-refractivity contribution in [2.45, 2.75) is 6.92 Å². The van der Waals surface area contributed by atoms with Crippen LogP contribution in [0.4, 0.5) is 0 Å². The van der Waals surface area contributed by atoms with E-state index in [1.165, 1.54) is 0 Å². The van der Waals surface area contributed by atoms with Crippen molar-refractivity contribution in [2.24, 2.45) is 0 Å². The highest BCUT2D eigenvalue weighted by Crippen LogP contribution is 2.57. The summed E-state index contributed by atoms with van der Waals surface area (Å²) in [6.07, 6.45) is -3.46. The van der Waals surface area contributed by atoms with E-state index in [-0.39, 0.29) is 6.61 Å². The van der Waals surface area contributed by atoms with Gasteiger partial charge in [-0.15, -0.1) is 4.67 Å². The predicted molar refractivity (Wildman–Crippen MR) is 32.0 cm³/mol. The second kappa shape index (κ2) is 3.70. The molecule has 0 atom stereocenters. The summed E-state index contributed by atoms with van der Waals surface area (Å²) < 4.78 is 14.1. The van der Waals surface area contributed by atoms with Gasteiger partial charge in [-0.3, -0.25) is 4.57 Å². The Bertz CT molecular complexity index is 99.5. The van der Waals surface area contributed by atoms with Crippen molar-refractivity contribution in [1.29, 1.82) is 0 Å². The fraction of sp³-hybridized carbons (Fsp3) is 1.00. The highest BCUT2D eigenvalue weighted by molar-refractivity contribution is 8.05. The monoisotopic (exact) mass is 178 g/mol. The predicted octanol–water partition coefficient (Wildman–Crippen LogP) is 2.54. The quantitative estimate of drug-likeness (QED) is 0.379. The van der Waals surface area contributed by atoms with E-state index in [2.05, 4.69) is 9.56 Å². The zero-order chi connectivity index (χ0) is 6.62. The Morgan fingerprint density at radius 1 is 1.62 bits per heavy atom. The maximum atomic E-state index is 10.2. The largest absolute Gasteiger partial charge is 0.406 e. The van der Waals surface area contributed by atoms with Crippen molar-refractivity contribution < 1.29 is 14.1 Å². The van der Waals surface area contributed by atoms with E-state index in [4.69, 9.17) is 22.5 Å². The molecule has 0 N–H and O–H groups in total. The molecule has 0 saturated carbocycles. The Hall–Kier alpha value is 0.730. The number of halogens is 2. The first-order chi connectivity index (χ1) is 3.56. The molecule has 0 radical (unpaired) electrons. The van der Waals surface area contributed by atoms with E-state index in [0.717, 1.165) is 0 Å². The summed E-state index contributed by atoms with van der Waals surface area (Å²) in [5.74, 6) is 0. The average Bonchev–Trinajstić information content (AvgIpc) is 1.59. The second-order valence-electron chi connectivity index (χ2n) is 0.896. The van der Waals surface area contributed by atoms with Gasteiger partial charge in [0.05, 0.1) is 6.61 Å². The van der Waals surface area contributed by atoms with Gasteiger partial charge in [0.2, 0.25) is 0 Å². The minimum atomic E-state index is -3.46. The first-order valence-electron chi connectivity index (χ1n) is 1.87. The van der Waals surface area contributed by atoms with Crippen LogP contribution in [0.25, 0.3) is 0 Å². The Morgan fingerprint density at radius 3 is 2.25 bits per heavy atom. The second-order valence-corrected chi connectivity index (χ2v) is 5.06. The van der Waals surface area contributed by atoms with Gasteiger partial charge in [0, 0.05) is 0 Å². The van der Waals surface area contributed by atoms with Crippen molar-refractivity contribution in [3.8, 4) is 0 Å². The van der Waals surface area contributed by atoms with E-state index in [1.807, 2.05) is 0 Å². The van der Waals surface area contributed by atoms with Gasteiger partial charge in [0.1, 0.15) is 0 Å². The molecule has 0 aliphatic heterocycles. The third-order valence-corrected chi connectivity index (χ3v) is 0.874. The number of rotatable bonds is 3. The molecular formula is C2H5Cl2O3P. The molecule has 50 valence electrons. The molecule has 0 aromatic heterocycles. The van der Waals surface area contributed by atoms with Crippen molar-refractivity contribution in [3.63, 3.8) is 0 Å². The third-order valence-electron chi connectivity index (χ3n) is 0.257. The summed E-state index contributed by atoms with van der Waals surface area (Å²) in [6, 6.07) is 0. The molecule has 0 heterocycles. The summed E-state index contributed by atoms with van der Waals surface area (Å²) >= 11 is 9.77. The minimum Gasteiger partial charge on any atom is -0.254 e. The highest BCUT2D eigenvalue weighted by Gasteiger charge is 2.14. The standard InChI is InChI=1S/C2H5Cl2O3P/c1-2-6-7-8(3,4)5/h2H2,1H3. The van der Waals surface area contributed by atoms with Crippen molar-refractivity contribution in [1.82, 2.24) is 0 Å². The van der Waals surface area contributed by atoms with Crippen molar-refractivity contribution >= 4 is 28.6 Å². The summed E-state index contributed by atoms with van der Waals surface area (Å²) in [7, 11) is 0. The van der Waals surface area contributed by atoms with Gasteiger partial charge < -0.3 is 0 Å². The average molecular weight is 179 g/mol. The molecule has 0 aromatic carbocycles. The van der Waals surface area contributed by atoms with Crippen LogP contribution < -0.4 is 0 Å². The molecule has 0 amide bonds. The normalized spacial score (nSPS) is 11.9. The van der Waals surface area contributed by atoms with E-state index >= 15 is 0 Å². The Labute approximate surface area is 56.8 Å². The van der Waals surface area contributed by atoms with Crippen LogP contribution >= 0.6 is 28.6 Å². The van der Waals surface area contributed by atoms with Crippen LogP contribution in [0.3, 0.4) is 0 Å². The number of hydrogen-bond acceptors (Lipinski definition) is 3. The molecule has 0 saturated heterocycles. The fourth-order valence-corrected chi connectivity index (χ4v) is 0.581. The molecule has 0 aromatic rings. The molecule has 0 spiro atoms. The van der Waals surface area contributed by atoms with Gasteiger partial charge in [0.15, 0.2) is 0 Å². The molecular weight excluding hydrogens is 174 g/mol. The van der Waals surface area contributed by atoms with Crippen LogP contribution in [0.2, 0.25) is 0 Å². The molecule has 8 heavy (non-hydrogen) atoms. The maximum Gasteiger partial charge on any atom is 0.406 e. The summed E-state index contributed by atoms with van der Waals surface area (Å²) in [6.45, 7) is 1.92. The lowest BCUT2D eigenvalue weighted by molar-refractivity contribution is -0.195. The first kappa shape index (κ1) is 8.73. The van der Waals surface area contributed by atoms with E-state index in [9.17, 15) is 4.57 Å². The molecule has 0 aliphatic rings. The van der Waals surface area contributed by atoms with Crippen LogP contribution in [0, 0.1) is 0 Å². The van der Waals surface area contributed by atoms with Gasteiger partial charge in [0.25, 0.3) is 0 Å². The molecule has 3 nitrogen and oxygen atoms in total. The van der Waals surface area contributed by atoms with E-state index in [1.54, 1.807) is 6.92 Å². The topological polar surface area (TPSA) is 35.5 Å². The van der Waals surface area contributed by atoms with Gasteiger partial charge in [-0.2, -0.15) is 0 Å². The lowest BCUT2D eigenvalue weighted by Gasteiger charge is -1.98. The molecule has 0 aliphatic carbocycles. The Morgan fingerprint density at radius 2 is 2.12 bits per heavy atom. The summed E-state index contributed by atoms with van der Waals surface area (Å²) in [5.41, 5.74) is 0. The van der Waals surface area contributed by atoms with Gasteiger partial charge in [-0.05, 0) is 29.4 Å². The van der Waals surface area contributed by atoms with Crippen LogP contribution in [-0.4, -0.2) is 6.61 Å². The minimum absolute atomic E-state index is 0.267. The molecule has 0 bridgehead atoms. The molecule has 6 heteroatoms. The molecule has 0 fully saturated rings. The van der Waals surface area contributed by atoms with Crippen LogP contribution in [0.5, 0.6) is 0 Å². The lowest BCUT2D eigenvalue weighted by atomic mass is 10.9. The summed E-state index contributed by atoms with van der Waals surface area (Å²) in [4.78, 5) is 4.17. The Balaban J connectivity index is 3.26. The highest BCUT2D eigenvalue weighted by atomic mass is 35.9. The zero-order valence-electron chi connectivity index (χ0n) is 4.13. The van der Waals surface area contributed by atoms with Crippen LogP contribution in [0.1, 0.15) is 6.92 Å². The van der Waals surface area contributed by atoms with Crippen molar-refractivity contribution in [2.75, 3.05) is 6.61 Å². The van der Waals surface area contributed by atoms with Crippen molar-refractivity contribution in [3.05, 3.63) is 0 Å². The van der Waals surface area contributed by atoms with Crippen LogP contribution in [-0.2, 0) is 14.1 Å². The SMILES string of the molecule is CCOOP(=O)(Cl)Cl.